The van der Waals surface area contributed by atoms with Crippen LogP contribution in [0.1, 0.15) is 20.8 Å². The van der Waals surface area contributed by atoms with E-state index in [2.05, 4.69) is 5.32 Å². The Morgan fingerprint density at radius 2 is 1.91 bits per heavy atom. The fourth-order valence-corrected chi connectivity index (χ4v) is 1.89. The summed E-state index contributed by atoms with van der Waals surface area (Å²) in [6.45, 7) is 5.64. The van der Waals surface area contributed by atoms with Gasteiger partial charge in [-0.3, -0.25) is 4.79 Å². The summed E-state index contributed by atoms with van der Waals surface area (Å²) in [5, 5.41) is 3.41. The molecule has 1 unspecified atom stereocenters. The number of carbonyl (C=O) groups excluding carboxylic acids is 2. The largest absolute Gasteiger partial charge is 0.477 e. The molecule has 1 atom stereocenters. The van der Waals surface area contributed by atoms with Crippen molar-refractivity contribution in [3.8, 4) is 5.75 Å². The molecule has 0 aromatic heterocycles. The third-order valence-electron chi connectivity index (χ3n) is 2.58. The van der Waals surface area contributed by atoms with Crippen molar-refractivity contribution in [1.82, 2.24) is 5.32 Å². The number of esters is 1. The van der Waals surface area contributed by atoms with Gasteiger partial charge in [-0.1, -0.05) is 37.0 Å². The molecule has 1 rings (SSSR count). The minimum absolute atomic E-state index is 0.293. The van der Waals surface area contributed by atoms with Gasteiger partial charge in [0.05, 0.1) is 5.02 Å². The Morgan fingerprint density at radius 3 is 2.50 bits per heavy atom. The van der Waals surface area contributed by atoms with Crippen LogP contribution in [0.5, 0.6) is 5.75 Å². The number of amides is 1. The Morgan fingerprint density at radius 1 is 1.23 bits per heavy atom. The lowest BCUT2D eigenvalue weighted by molar-refractivity contribution is -0.154. The zero-order valence-electron chi connectivity index (χ0n) is 12.7. The minimum atomic E-state index is -0.892. The van der Waals surface area contributed by atoms with Gasteiger partial charge in [0.15, 0.2) is 12.7 Å². The molecule has 0 fully saturated rings. The van der Waals surface area contributed by atoms with Crippen molar-refractivity contribution in [3.63, 3.8) is 0 Å². The topological polar surface area (TPSA) is 64.6 Å². The second-order valence-corrected chi connectivity index (χ2v) is 5.98. The number of nitrogens with one attached hydrogen (secondary N) is 1. The molecule has 1 amide bonds. The van der Waals surface area contributed by atoms with Crippen molar-refractivity contribution in [1.29, 1.82) is 0 Å². The first kappa shape index (κ1) is 18.6. The van der Waals surface area contributed by atoms with Gasteiger partial charge in [0, 0.05) is 11.6 Å². The summed E-state index contributed by atoms with van der Waals surface area (Å²) in [6, 6.07) is 4.67. The molecule has 0 saturated carbocycles. The summed E-state index contributed by atoms with van der Waals surface area (Å²) >= 11 is 11.7. The van der Waals surface area contributed by atoms with Crippen molar-refractivity contribution in [2.75, 3.05) is 13.2 Å². The second-order valence-electron chi connectivity index (χ2n) is 5.14. The maximum absolute atomic E-state index is 11.8. The zero-order chi connectivity index (χ0) is 16.7. The Bertz CT molecular complexity index is 534. The highest BCUT2D eigenvalue weighted by atomic mass is 35.5. The van der Waals surface area contributed by atoms with E-state index >= 15 is 0 Å². The average molecular weight is 348 g/mol. The van der Waals surface area contributed by atoms with Gasteiger partial charge in [-0.15, -0.1) is 0 Å². The molecular formula is C15H19Cl2NO4. The predicted molar refractivity (Wildman–Crippen MR) is 85.4 cm³/mol. The van der Waals surface area contributed by atoms with Gasteiger partial charge in [0.2, 0.25) is 0 Å². The van der Waals surface area contributed by atoms with Crippen molar-refractivity contribution < 1.29 is 19.1 Å². The number of carbonyl (C=O) groups is 2. The molecule has 0 aliphatic heterocycles. The van der Waals surface area contributed by atoms with Gasteiger partial charge >= 0.3 is 5.97 Å². The number of halogens is 2. The summed E-state index contributed by atoms with van der Waals surface area (Å²) in [6.07, 6.45) is -0.892. The van der Waals surface area contributed by atoms with Crippen molar-refractivity contribution in [2.24, 2.45) is 5.92 Å². The smallest absolute Gasteiger partial charge is 0.347 e. The van der Waals surface area contributed by atoms with E-state index in [1.54, 1.807) is 12.1 Å². The quantitative estimate of drug-likeness (QED) is 0.769. The Kier molecular flexibility index (Phi) is 7.48. The molecule has 7 heteroatoms. The maximum atomic E-state index is 11.8. The maximum Gasteiger partial charge on any atom is 0.347 e. The average Bonchev–Trinajstić information content (AvgIpc) is 2.45. The molecule has 0 aliphatic carbocycles. The lowest BCUT2D eigenvalue weighted by Gasteiger charge is -2.15. The fraction of sp³-hybridized carbons (Fsp3) is 0.467. The Balaban J connectivity index is 2.43. The van der Waals surface area contributed by atoms with Crippen LogP contribution in [0.2, 0.25) is 10.0 Å². The number of rotatable bonds is 7. The van der Waals surface area contributed by atoms with Crippen LogP contribution < -0.4 is 10.1 Å². The molecule has 122 valence electrons. The summed E-state index contributed by atoms with van der Waals surface area (Å²) in [5.41, 5.74) is 0. The lowest BCUT2D eigenvalue weighted by atomic mass is 10.2. The third-order valence-corrected chi connectivity index (χ3v) is 3.11. The van der Waals surface area contributed by atoms with E-state index < -0.39 is 12.1 Å². The molecular weight excluding hydrogens is 329 g/mol. The number of hydrogen-bond donors (Lipinski definition) is 1. The zero-order valence-corrected chi connectivity index (χ0v) is 14.2. The van der Waals surface area contributed by atoms with Crippen LogP contribution in [0, 0.1) is 5.92 Å². The van der Waals surface area contributed by atoms with E-state index in [-0.39, 0.29) is 12.5 Å². The monoisotopic (exact) mass is 347 g/mol. The van der Waals surface area contributed by atoms with Crippen LogP contribution >= 0.6 is 23.2 Å². The van der Waals surface area contributed by atoms with Crippen molar-refractivity contribution in [3.05, 3.63) is 28.2 Å². The van der Waals surface area contributed by atoms with E-state index in [9.17, 15) is 9.59 Å². The van der Waals surface area contributed by atoms with Gasteiger partial charge in [-0.05, 0) is 31.0 Å². The van der Waals surface area contributed by atoms with Crippen LogP contribution in [0.25, 0.3) is 0 Å². The summed E-state index contributed by atoms with van der Waals surface area (Å²) in [5.74, 6) is -0.349. The summed E-state index contributed by atoms with van der Waals surface area (Å²) < 4.78 is 10.3. The normalized spacial score (nSPS) is 11.9. The molecule has 0 heterocycles. The molecule has 1 aromatic rings. The number of benzene rings is 1. The number of hydrogen-bond acceptors (Lipinski definition) is 4. The highest BCUT2D eigenvalue weighted by Gasteiger charge is 2.19. The van der Waals surface area contributed by atoms with E-state index in [1.807, 2.05) is 13.8 Å². The fourth-order valence-electron chi connectivity index (χ4n) is 1.43. The van der Waals surface area contributed by atoms with Crippen LogP contribution in [0.4, 0.5) is 0 Å². The molecule has 1 N–H and O–H groups in total. The molecule has 1 aromatic carbocycles. The van der Waals surface area contributed by atoms with Gasteiger partial charge in [-0.25, -0.2) is 4.79 Å². The first-order valence-electron chi connectivity index (χ1n) is 6.84. The standard InChI is InChI=1S/C15H19Cl2NO4/c1-9(2)7-18-14(19)8-21-15(20)10(3)22-13-5-4-11(16)6-12(13)17/h4-6,9-10H,7-8H2,1-3H3,(H,18,19). The van der Waals surface area contributed by atoms with Crippen LogP contribution in [0.15, 0.2) is 18.2 Å². The van der Waals surface area contributed by atoms with Gasteiger partial charge in [0.1, 0.15) is 5.75 Å². The van der Waals surface area contributed by atoms with Gasteiger partial charge in [0.25, 0.3) is 5.91 Å². The first-order valence-corrected chi connectivity index (χ1v) is 7.60. The molecule has 0 radical (unpaired) electrons. The van der Waals surface area contributed by atoms with Crippen molar-refractivity contribution >= 4 is 35.1 Å². The summed E-state index contributed by atoms with van der Waals surface area (Å²) in [4.78, 5) is 23.2. The number of ether oxygens (including phenoxy) is 2. The third kappa shape index (κ3) is 6.54. The Labute approximate surface area is 139 Å². The van der Waals surface area contributed by atoms with Gasteiger partial charge < -0.3 is 14.8 Å². The Hall–Kier alpha value is -1.46. The van der Waals surface area contributed by atoms with Crippen LogP contribution in [-0.4, -0.2) is 31.1 Å². The first-order chi connectivity index (χ1) is 10.3. The van der Waals surface area contributed by atoms with Crippen molar-refractivity contribution in [2.45, 2.75) is 26.9 Å². The molecule has 0 spiro atoms. The molecule has 22 heavy (non-hydrogen) atoms. The summed E-state index contributed by atoms with van der Waals surface area (Å²) in [7, 11) is 0. The van der Waals surface area contributed by atoms with Gasteiger partial charge in [-0.2, -0.15) is 0 Å². The second kappa shape index (κ2) is 8.86. The van der Waals surface area contributed by atoms with Crippen LogP contribution in [0.3, 0.4) is 0 Å². The molecule has 0 saturated heterocycles. The van der Waals surface area contributed by atoms with Crippen LogP contribution in [-0.2, 0) is 14.3 Å². The van der Waals surface area contributed by atoms with E-state index in [1.165, 1.54) is 13.0 Å². The van der Waals surface area contributed by atoms with E-state index in [4.69, 9.17) is 32.7 Å². The highest BCUT2D eigenvalue weighted by Crippen LogP contribution is 2.28. The highest BCUT2D eigenvalue weighted by molar-refractivity contribution is 6.35. The van der Waals surface area contributed by atoms with E-state index in [0.717, 1.165) is 0 Å². The molecule has 5 nitrogen and oxygen atoms in total. The SMILES string of the molecule is CC(C)CNC(=O)COC(=O)C(C)Oc1ccc(Cl)cc1Cl. The minimum Gasteiger partial charge on any atom is -0.477 e. The lowest BCUT2D eigenvalue weighted by Crippen LogP contribution is -2.34. The molecule has 0 aliphatic rings. The predicted octanol–water partition coefficient (Wildman–Crippen LogP) is 3.08. The van der Waals surface area contributed by atoms with E-state index in [0.29, 0.717) is 28.3 Å². The molecule has 0 bridgehead atoms.